The van der Waals surface area contributed by atoms with E-state index in [0.717, 1.165) is 25.7 Å². The predicted octanol–water partition coefficient (Wildman–Crippen LogP) is 4.86. The third-order valence-electron chi connectivity index (χ3n) is 6.45. The molecule has 4 atom stereocenters. The summed E-state index contributed by atoms with van der Waals surface area (Å²) in [4.78, 5) is 23.6. The molecule has 0 spiro atoms. The largest absolute Gasteiger partial charge is 0.481 e. The number of fused-ring (bicyclic) bond motifs is 1. The van der Waals surface area contributed by atoms with Crippen LogP contribution in [0.2, 0.25) is 0 Å². The molecule has 0 aromatic rings. The Morgan fingerprint density at radius 1 is 1.35 bits per heavy atom. The Hall–Kier alpha value is -1.12. The van der Waals surface area contributed by atoms with Gasteiger partial charge in [-0.05, 0) is 61.3 Å². The molecule has 3 nitrogen and oxygen atoms in total. The van der Waals surface area contributed by atoms with E-state index in [1.165, 1.54) is 12.0 Å². The Kier molecular flexibility index (Phi) is 5.08. The molecular formula is C20H32O3. The highest BCUT2D eigenvalue weighted by Gasteiger charge is 2.55. The Morgan fingerprint density at radius 2 is 2.00 bits per heavy atom. The average Bonchev–Trinajstić information content (AvgIpc) is 2.34. The first kappa shape index (κ1) is 18.2. The molecule has 1 N–H and O–H groups in total. The molecule has 2 aliphatic carbocycles. The van der Waals surface area contributed by atoms with Crippen molar-refractivity contribution in [2.75, 3.05) is 0 Å². The summed E-state index contributed by atoms with van der Waals surface area (Å²) in [6, 6.07) is 0. The lowest BCUT2D eigenvalue weighted by molar-refractivity contribution is -0.138. The van der Waals surface area contributed by atoms with E-state index >= 15 is 0 Å². The van der Waals surface area contributed by atoms with Gasteiger partial charge in [-0.1, -0.05) is 39.7 Å². The Morgan fingerprint density at radius 3 is 2.61 bits per heavy atom. The predicted molar refractivity (Wildman–Crippen MR) is 92.1 cm³/mol. The number of hydrogen-bond acceptors (Lipinski definition) is 2. The van der Waals surface area contributed by atoms with E-state index in [-0.39, 0.29) is 29.1 Å². The van der Waals surface area contributed by atoms with Crippen molar-refractivity contribution in [3.63, 3.8) is 0 Å². The van der Waals surface area contributed by atoms with Crippen molar-refractivity contribution in [2.24, 2.45) is 28.6 Å². The standard InChI is InChI=1S/C20H32O3/c1-13(11-17(22)23)7-8-15-14(2)12-16(21)18-19(3,4)9-6-10-20(15,18)5/h12-13,15,18H,6-11H2,1-5H3,(H,22,23). The number of allylic oxidation sites excluding steroid dienone is 2. The van der Waals surface area contributed by atoms with E-state index < -0.39 is 5.97 Å². The molecule has 0 radical (unpaired) electrons. The second-order valence-electron chi connectivity index (χ2n) is 8.90. The lowest BCUT2D eigenvalue weighted by Gasteiger charge is -2.55. The zero-order valence-corrected chi connectivity index (χ0v) is 15.3. The summed E-state index contributed by atoms with van der Waals surface area (Å²) in [7, 11) is 0. The molecule has 0 aliphatic heterocycles. The minimum absolute atomic E-state index is 0.0284. The third kappa shape index (κ3) is 3.54. The van der Waals surface area contributed by atoms with Crippen LogP contribution in [0.4, 0.5) is 0 Å². The molecule has 1 fully saturated rings. The number of carbonyl (C=O) groups excluding carboxylic acids is 1. The summed E-state index contributed by atoms with van der Waals surface area (Å²) in [6.45, 7) is 10.9. The van der Waals surface area contributed by atoms with Gasteiger partial charge in [-0.25, -0.2) is 0 Å². The van der Waals surface area contributed by atoms with Gasteiger partial charge >= 0.3 is 5.97 Å². The van der Waals surface area contributed by atoms with Crippen LogP contribution < -0.4 is 0 Å². The molecule has 3 heteroatoms. The van der Waals surface area contributed by atoms with Gasteiger partial charge in [0.2, 0.25) is 0 Å². The van der Waals surface area contributed by atoms with Gasteiger partial charge < -0.3 is 5.11 Å². The molecule has 0 aromatic heterocycles. The fraction of sp³-hybridized carbons (Fsp3) is 0.800. The third-order valence-corrected chi connectivity index (χ3v) is 6.45. The van der Waals surface area contributed by atoms with E-state index in [1.807, 2.05) is 13.0 Å². The van der Waals surface area contributed by atoms with Crippen LogP contribution in [-0.4, -0.2) is 16.9 Å². The van der Waals surface area contributed by atoms with Gasteiger partial charge in [0.15, 0.2) is 5.78 Å². The van der Waals surface area contributed by atoms with Gasteiger partial charge in [-0.15, -0.1) is 0 Å². The van der Waals surface area contributed by atoms with Crippen LogP contribution in [0, 0.1) is 28.6 Å². The first-order chi connectivity index (χ1) is 10.6. The lowest BCUT2D eigenvalue weighted by Crippen LogP contribution is -2.52. The highest BCUT2D eigenvalue weighted by Crippen LogP contribution is 2.59. The Bertz CT molecular complexity index is 517. The number of aliphatic carboxylic acids is 1. The minimum Gasteiger partial charge on any atom is -0.481 e. The van der Waals surface area contributed by atoms with Crippen LogP contribution in [0.5, 0.6) is 0 Å². The van der Waals surface area contributed by atoms with Gasteiger partial charge in [-0.3, -0.25) is 9.59 Å². The summed E-state index contributed by atoms with van der Waals surface area (Å²) in [6.07, 6.45) is 7.43. The molecule has 0 bridgehead atoms. The van der Waals surface area contributed by atoms with Crippen molar-refractivity contribution in [2.45, 2.75) is 73.1 Å². The molecule has 130 valence electrons. The summed E-state index contributed by atoms with van der Waals surface area (Å²) in [5.41, 5.74) is 1.29. The Balaban J connectivity index is 2.22. The number of rotatable bonds is 5. The molecule has 0 heterocycles. The monoisotopic (exact) mass is 320 g/mol. The van der Waals surface area contributed by atoms with E-state index in [9.17, 15) is 9.59 Å². The summed E-state index contributed by atoms with van der Waals surface area (Å²) in [5.74, 6) is 0.292. The quantitative estimate of drug-likeness (QED) is 0.787. The Labute approximate surface area is 140 Å². The molecule has 2 aliphatic rings. The first-order valence-corrected chi connectivity index (χ1v) is 9.02. The average molecular weight is 320 g/mol. The molecule has 2 rings (SSSR count). The molecule has 0 saturated heterocycles. The zero-order valence-electron chi connectivity index (χ0n) is 15.3. The van der Waals surface area contributed by atoms with Crippen molar-refractivity contribution < 1.29 is 14.7 Å². The maximum atomic E-state index is 12.7. The maximum Gasteiger partial charge on any atom is 0.303 e. The van der Waals surface area contributed by atoms with Crippen LogP contribution in [0.1, 0.15) is 73.1 Å². The van der Waals surface area contributed by atoms with Crippen LogP contribution in [0.15, 0.2) is 11.6 Å². The van der Waals surface area contributed by atoms with Crippen molar-refractivity contribution >= 4 is 11.8 Å². The van der Waals surface area contributed by atoms with Crippen LogP contribution >= 0.6 is 0 Å². The number of ketones is 1. The summed E-state index contributed by atoms with van der Waals surface area (Å²) in [5, 5.41) is 8.96. The van der Waals surface area contributed by atoms with Crippen LogP contribution in [0.25, 0.3) is 0 Å². The molecule has 0 aromatic carbocycles. The maximum absolute atomic E-state index is 12.7. The second kappa shape index (κ2) is 6.41. The fourth-order valence-electron chi connectivity index (χ4n) is 5.53. The highest BCUT2D eigenvalue weighted by molar-refractivity contribution is 5.94. The van der Waals surface area contributed by atoms with E-state index in [4.69, 9.17) is 5.11 Å². The van der Waals surface area contributed by atoms with Gasteiger partial charge in [0, 0.05) is 12.3 Å². The highest BCUT2D eigenvalue weighted by atomic mass is 16.4. The van der Waals surface area contributed by atoms with Gasteiger partial charge in [0.1, 0.15) is 0 Å². The van der Waals surface area contributed by atoms with E-state index in [0.29, 0.717) is 11.7 Å². The second-order valence-corrected chi connectivity index (χ2v) is 8.90. The fourth-order valence-corrected chi connectivity index (χ4v) is 5.53. The molecule has 23 heavy (non-hydrogen) atoms. The smallest absolute Gasteiger partial charge is 0.303 e. The molecule has 4 unspecified atom stereocenters. The molecule has 0 amide bonds. The van der Waals surface area contributed by atoms with Gasteiger partial charge in [0.05, 0.1) is 0 Å². The normalized spacial score (nSPS) is 34.5. The van der Waals surface area contributed by atoms with Crippen LogP contribution in [0.3, 0.4) is 0 Å². The number of carboxylic acids is 1. The molecule has 1 saturated carbocycles. The van der Waals surface area contributed by atoms with Crippen molar-refractivity contribution in [3.8, 4) is 0 Å². The molecular weight excluding hydrogens is 288 g/mol. The van der Waals surface area contributed by atoms with Gasteiger partial charge in [0.25, 0.3) is 0 Å². The van der Waals surface area contributed by atoms with Gasteiger partial charge in [-0.2, -0.15) is 0 Å². The van der Waals surface area contributed by atoms with E-state index in [1.54, 1.807) is 0 Å². The minimum atomic E-state index is -0.716. The van der Waals surface area contributed by atoms with E-state index in [2.05, 4.69) is 27.7 Å². The lowest BCUT2D eigenvalue weighted by atomic mass is 9.48. The topological polar surface area (TPSA) is 54.4 Å². The zero-order chi connectivity index (χ0) is 17.4. The summed E-state index contributed by atoms with van der Waals surface area (Å²) >= 11 is 0. The summed E-state index contributed by atoms with van der Waals surface area (Å²) < 4.78 is 0. The number of hydrogen-bond donors (Lipinski definition) is 1. The SMILES string of the molecule is CC1=CC(=O)C2C(C)(C)CCCC2(C)C1CCC(C)CC(=O)O. The number of carbonyl (C=O) groups is 2. The first-order valence-electron chi connectivity index (χ1n) is 9.02. The van der Waals surface area contributed by atoms with Crippen molar-refractivity contribution in [3.05, 3.63) is 11.6 Å². The number of carboxylic acid groups (broad SMARTS) is 1. The van der Waals surface area contributed by atoms with Crippen molar-refractivity contribution in [1.82, 2.24) is 0 Å². The van der Waals surface area contributed by atoms with Crippen molar-refractivity contribution in [1.29, 1.82) is 0 Å². The van der Waals surface area contributed by atoms with Crippen LogP contribution in [-0.2, 0) is 9.59 Å².